The molecular weight excluding hydrogens is 352 g/mol. The molecule has 0 aromatic carbocycles. The Balaban J connectivity index is 1.70. The lowest BCUT2D eigenvalue weighted by atomic mass is 9.60. The van der Waals surface area contributed by atoms with Gasteiger partial charge in [0, 0.05) is 4.11 Å². The van der Waals surface area contributed by atoms with Gasteiger partial charge in [-0.3, -0.25) is 0 Å². The van der Waals surface area contributed by atoms with Crippen LogP contribution in [0.1, 0.15) is 103 Å². The van der Waals surface area contributed by atoms with Gasteiger partial charge >= 0.3 is 0 Å². The van der Waals surface area contributed by atoms with Crippen molar-refractivity contribution in [3.8, 4) is 0 Å². The molecule has 3 fully saturated rings. The zero-order valence-electron chi connectivity index (χ0n) is 22.3. The zero-order valence-corrected chi connectivity index (χ0v) is 19.3. The number of aliphatic hydroxyl groups excluding tert-OH is 1. The standard InChI is InChI=1S/C28H46O/c1-19(2)20(3)9-10-22(5)26-15-16-27-23(8-7-17-28(26,27)6)12-13-24-18-25(29)14-11-21(24)4/h12-13,19-20,22,25-27,29H,4,7-11,14-18H2,1-3,5-6H3/b23-12+,24-13-/t20-,22+,25-,26+,27-,28+/m0/s1/i3D3. The van der Waals surface area contributed by atoms with E-state index >= 15 is 0 Å². The number of aliphatic hydroxyl groups is 1. The first-order chi connectivity index (χ1) is 14.9. The van der Waals surface area contributed by atoms with Crippen LogP contribution in [0, 0.1) is 35.0 Å². The Bertz CT molecular complexity index is 731. The summed E-state index contributed by atoms with van der Waals surface area (Å²) < 4.78 is 23.8. The molecule has 164 valence electrons. The van der Waals surface area contributed by atoms with Gasteiger partial charge in [-0.15, -0.1) is 0 Å². The largest absolute Gasteiger partial charge is 0.393 e. The van der Waals surface area contributed by atoms with E-state index in [1.54, 1.807) is 5.57 Å². The summed E-state index contributed by atoms with van der Waals surface area (Å²) >= 11 is 0. The van der Waals surface area contributed by atoms with Crippen LogP contribution in [-0.2, 0) is 0 Å². The van der Waals surface area contributed by atoms with Gasteiger partial charge in [0.05, 0.1) is 6.10 Å². The molecule has 0 spiro atoms. The van der Waals surface area contributed by atoms with Crippen molar-refractivity contribution >= 4 is 0 Å². The molecule has 3 aliphatic carbocycles. The molecule has 0 bridgehead atoms. The molecular formula is C28H46O. The number of rotatable bonds is 6. The van der Waals surface area contributed by atoms with Crippen LogP contribution < -0.4 is 0 Å². The lowest BCUT2D eigenvalue weighted by molar-refractivity contribution is 0.0907. The van der Waals surface area contributed by atoms with Crippen molar-refractivity contribution in [3.05, 3.63) is 35.5 Å². The van der Waals surface area contributed by atoms with Crippen molar-refractivity contribution in [2.75, 3.05) is 0 Å². The fourth-order valence-electron chi connectivity index (χ4n) is 6.59. The smallest absolute Gasteiger partial charge is 0.0583 e. The maximum Gasteiger partial charge on any atom is 0.0583 e. The third-order valence-corrected chi connectivity index (χ3v) is 8.65. The first-order valence-corrected chi connectivity index (χ1v) is 12.2. The van der Waals surface area contributed by atoms with Gasteiger partial charge in [-0.1, -0.05) is 77.3 Å². The molecule has 0 saturated heterocycles. The summed E-state index contributed by atoms with van der Waals surface area (Å²) in [5.41, 5.74) is 4.35. The Morgan fingerprint density at radius 3 is 2.69 bits per heavy atom. The fourth-order valence-corrected chi connectivity index (χ4v) is 6.59. The highest BCUT2D eigenvalue weighted by molar-refractivity contribution is 5.36. The van der Waals surface area contributed by atoms with Crippen LogP contribution in [0.4, 0.5) is 0 Å². The highest BCUT2D eigenvalue weighted by atomic mass is 16.3. The molecule has 0 heterocycles. The Labute approximate surface area is 185 Å². The van der Waals surface area contributed by atoms with E-state index in [9.17, 15) is 5.11 Å². The minimum Gasteiger partial charge on any atom is -0.393 e. The molecule has 1 heteroatoms. The minimum absolute atomic E-state index is 0.192. The SMILES string of the molecule is [2H]C([2H])([2H])[C@@H](CC[C@@H](C)[C@H]1CC[C@H]2/C(=C/C=C3/C[C@@H](O)CCC3=C)CCC[C@]12C)C(C)C. The van der Waals surface area contributed by atoms with Crippen LogP contribution in [0.5, 0.6) is 0 Å². The van der Waals surface area contributed by atoms with Crippen LogP contribution in [0.25, 0.3) is 0 Å². The van der Waals surface area contributed by atoms with E-state index in [-0.39, 0.29) is 17.9 Å². The van der Waals surface area contributed by atoms with Crippen molar-refractivity contribution in [1.29, 1.82) is 0 Å². The van der Waals surface area contributed by atoms with Crippen LogP contribution >= 0.6 is 0 Å². The molecule has 0 radical (unpaired) electrons. The molecule has 0 aromatic rings. The molecule has 0 amide bonds. The van der Waals surface area contributed by atoms with E-state index in [0.29, 0.717) is 23.2 Å². The van der Waals surface area contributed by atoms with E-state index in [1.165, 1.54) is 43.3 Å². The second-order valence-electron chi connectivity index (χ2n) is 10.9. The number of hydrogen-bond acceptors (Lipinski definition) is 1. The summed E-state index contributed by atoms with van der Waals surface area (Å²) in [5, 5.41) is 10.1. The van der Waals surface area contributed by atoms with Gasteiger partial charge in [-0.05, 0) is 91.9 Å². The summed E-state index contributed by atoms with van der Waals surface area (Å²) in [6.45, 7) is 11.4. The van der Waals surface area contributed by atoms with Crippen molar-refractivity contribution in [2.24, 2.45) is 35.0 Å². The fraction of sp³-hybridized carbons (Fsp3) is 0.786. The first kappa shape index (κ1) is 18.9. The Hall–Kier alpha value is -0.820. The van der Waals surface area contributed by atoms with E-state index in [2.05, 4.69) is 46.4 Å². The molecule has 3 saturated carbocycles. The molecule has 0 aromatic heterocycles. The average Bonchev–Trinajstić information content (AvgIpc) is 3.05. The van der Waals surface area contributed by atoms with E-state index in [1.807, 2.05) is 0 Å². The predicted octanol–water partition coefficient (Wildman–Crippen LogP) is 7.87. The van der Waals surface area contributed by atoms with Crippen LogP contribution in [0.15, 0.2) is 35.5 Å². The van der Waals surface area contributed by atoms with Crippen LogP contribution in [0.2, 0.25) is 0 Å². The highest BCUT2D eigenvalue weighted by Crippen LogP contribution is 2.60. The van der Waals surface area contributed by atoms with E-state index < -0.39 is 6.85 Å². The average molecular weight is 402 g/mol. The number of hydrogen-bond donors (Lipinski definition) is 1. The summed E-state index contributed by atoms with van der Waals surface area (Å²) in [6, 6.07) is 0. The Kier molecular flexibility index (Phi) is 6.22. The van der Waals surface area contributed by atoms with E-state index in [4.69, 9.17) is 4.11 Å². The molecule has 1 N–H and O–H groups in total. The summed E-state index contributed by atoms with van der Waals surface area (Å²) in [5.74, 6) is 1.90. The normalized spacial score (nSPS) is 39.9. The Morgan fingerprint density at radius 2 is 1.97 bits per heavy atom. The first-order valence-electron chi connectivity index (χ1n) is 13.7. The monoisotopic (exact) mass is 401 g/mol. The minimum atomic E-state index is -1.85. The second-order valence-corrected chi connectivity index (χ2v) is 10.9. The number of allylic oxidation sites excluding steroid dienone is 4. The highest BCUT2D eigenvalue weighted by Gasteiger charge is 2.50. The molecule has 1 nitrogen and oxygen atoms in total. The molecule has 0 unspecified atom stereocenters. The van der Waals surface area contributed by atoms with Crippen molar-refractivity contribution in [3.63, 3.8) is 0 Å². The maximum atomic E-state index is 10.1. The molecule has 6 atom stereocenters. The summed E-state index contributed by atoms with van der Waals surface area (Å²) in [7, 11) is 0. The predicted molar refractivity (Wildman–Crippen MR) is 126 cm³/mol. The third-order valence-electron chi connectivity index (χ3n) is 8.65. The van der Waals surface area contributed by atoms with Gasteiger partial charge in [0.1, 0.15) is 0 Å². The van der Waals surface area contributed by atoms with Crippen LogP contribution in [0.3, 0.4) is 0 Å². The summed E-state index contributed by atoms with van der Waals surface area (Å²) in [4.78, 5) is 0. The molecule has 0 aliphatic heterocycles. The number of fused-ring (bicyclic) bond motifs is 1. The van der Waals surface area contributed by atoms with Crippen molar-refractivity contribution in [2.45, 2.75) is 105 Å². The van der Waals surface area contributed by atoms with Gasteiger partial charge in [0.15, 0.2) is 0 Å². The van der Waals surface area contributed by atoms with Gasteiger partial charge in [-0.2, -0.15) is 0 Å². The molecule has 29 heavy (non-hydrogen) atoms. The van der Waals surface area contributed by atoms with E-state index in [0.717, 1.165) is 32.1 Å². The molecule has 3 rings (SSSR count). The van der Waals surface area contributed by atoms with Crippen LogP contribution in [-0.4, -0.2) is 11.2 Å². The Morgan fingerprint density at radius 1 is 1.17 bits per heavy atom. The quantitative estimate of drug-likeness (QED) is 0.480. The van der Waals surface area contributed by atoms with Gasteiger partial charge in [0.2, 0.25) is 0 Å². The second kappa shape index (κ2) is 9.54. The third kappa shape index (κ3) is 5.09. The summed E-state index contributed by atoms with van der Waals surface area (Å²) in [6.07, 6.45) is 15.0. The zero-order chi connectivity index (χ0) is 23.7. The van der Waals surface area contributed by atoms with Gasteiger partial charge < -0.3 is 5.11 Å². The molecule has 3 aliphatic rings. The lowest BCUT2D eigenvalue weighted by Gasteiger charge is -2.44. The topological polar surface area (TPSA) is 20.2 Å². The lowest BCUT2D eigenvalue weighted by Crippen LogP contribution is -2.36. The van der Waals surface area contributed by atoms with Gasteiger partial charge in [-0.25, -0.2) is 0 Å². The van der Waals surface area contributed by atoms with Crippen molar-refractivity contribution < 1.29 is 9.22 Å². The van der Waals surface area contributed by atoms with Gasteiger partial charge in [0.25, 0.3) is 0 Å². The maximum absolute atomic E-state index is 10.1. The van der Waals surface area contributed by atoms with Crippen molar-refractivity contribution in [1.82, 2.24) is 0 Å².